The zero-order valence-electron chi connectivity index (χ0n) is 11.5. The van der Waals surface area contributed by atoms with Crippen LogP contribution in [0, 0.1) is 0 Å². The van der Waals surface area contributed by atoms with Crippen molar-refractivity contribution in [3.63, 3.8) is 0 Å². The Bertz CT molecular complexity index is 243. The van der Waals surface area contributed by atoms with Crippen LogP contribution in [0.1, 0.15) is 19.8 Å². The van der Waals surface area contributed by atoms with Gasteiger partial charge in [-0.2, -0.15) is 0 Å². The van der Waals surface area contributed by atoms with Crippen molar-refractivity contribution >= 4 is 0 Å². The molecule has 1 aliphatic rings. The lowest BCUT2D eigenvalue weighted by Gasteiger charge is -2.39. The Morgan fingerprint density at radius 3 is 2.32 bits per heavy atom. The maximum Gasteiger partial charge on any atom is 0.522 e. The lowest BCUT2D eigenvalue weighted by Crippen LogP contribution is -2.52. The summed E-state index contributed by atoms with van der Waals surface area (Å²) < 4.78 is 39.3. The molecule has 0 spiro atoms. The maximum atomic E-state index is 11.8. The third kappa shape index (κ3) is 6.56. The maximum absolute atomic E-state index is 11.8. The van der Waals surface area contributed by atoms with Gasteiger partial charge in [-0.25, -0.2) is 0 Å². The second kappa shape index (κ2) is 8.04. The average Bonchev–Trinajstić information content (AvgIpc) is 2.35. The standard InChI is InChI=1S/C12H24F3N3O/c1-2-3-11(10-16)18-6-4-17(5-7-18)8-9-19-12(13,14)15/h11H,2-10,16H2,1H3. The number of piperazine rings is 1. The van der Waals surface area contributed by atoms with Crippen molar-refractivity contribution in [1.82, 2.24) is 9.80 Å². The van der Waals surface area contributed by atoms with Crippen LogP contribution in [0.2, 0.25) is 0 Å². The van der Waals surface area contributed by atoms with E-state index in [-0.39, 0.29) is 6.61 Å². The second-order valence-electron chi connectivity index (χ2n) is 4.85. The summed E-state index contributed by atoms with van der Waals surface area (Å²) in [6, 6.07) is 0.401. The first kappa shape index (κ1) is 16.7. The van der Waals surface area contributed by atoms with Crippen LogP contribution in [-0.2, 0) is 4.74 Å². The summed E-state index contributed by atoms with van der Waals surface area (Å²) in [6.45, 7) is 6.11. The van der Waals surface area contributed by atoms with Gasteiger partial charge in [-0.3, -0.25) is 14.5 Å². The summed E-state index contributed by atoms with van der Waals surface area (Å²) in [5.74, 6) is 0. The fraction of sp³-hybridized carbons (Fsp3) is 1.00. The fourth-order valence-electron chi connectivity index (χ4n) is 2.43. The van der Waals surface area contributed by atoms with Crippen LogP contribution in [0.3, 0.4) is 0 Å². The monoisotopic (exact) mass is 283 g/mol. The molecular formula is C12H24F3N3O. The fourth-order valence-corrected chi connectivity index (χ4v) is 2.43. The van der Waals surface area contributed by atoms with Gasteiger partial charge in [-0.05, 0) is 6.42 Å². The van der Waals surface area contributed by atoms with Crippen molar-refractivity contribution in [2.45, 2.75) is 32.2 Å². The minimum atomic E-state index is -4.52. The molecule has 0 aromatic carbocycles. The van der Waals surface area contributed by atoms with Gasteiger partial charge in [0.1, 0.15) is 0 Å². The lowest BCUT2D eigenvalue weighted by atomic mass is 10.1. The van der Waals surface area contributed by atoms with E-state index in [2.05, 4.69) is 16.6 Å². The molecule has 0 aromatic rings. The number of halogens is 3. The van der Waals surface area contributed by atoms with Crippen LogP contribution in [0.5, 0.6) is 0 Å². The van der Waals surface area contributed by atoms with Crippen LogP contribution in [0.25, 0.3) is 0 Å². The van der Waals surface area contributed by atoms with Gasteiger partial charge in [-0.1, -0.05) is 13.3 Å². The summed E-state index contributed by atoms with van der Waals surface area (Å²) in [6.07, 6.45) is -2.34. The highest BCUT2D eigenvalue weighted by Gasteiger charge is 2.29. The van der Waals surface area contributed by atoms with E-state index in [0.717, 1.165) is 39.0 Å². The van der Waals surface area contributed by atoms with E-state index in [9.17, 15) is 13.2 Å². The van der Waals surface area contributed by atoms with Crippen molar-refractivity contribution < 1.29 is 17.9 Å². The molecule has 1 fully saturated rings. The molecule has 0 aromatic heterocycles. The Morgan fingerprint density at radius 1 is 1.21 bits per heavy atom. The van der Waals surface area contributed by atoms with E-state index in [0.29, 0.717) is 19.1 Å². The van der Waals surface area contributed by atoms with Crippen molar-refractivity contribution in [2.75, 3.05) is 45.9 Å². The molecule has 1 saturated heterocycles. The number of hydrogen-bond donors (Lipinski definition) is 1. The number of alkyl halides is 3. The van der Waals surface area contributed by atoms with Gasteiger partial charge in [0, 0.05) is 45.3 Å². The normalized spacial score (nSPS) is 20.7. The highest BCUT2D eigenvalue weighted by molar-refractivity contribution is 4.78. The Kier molecular flexibility index (Phi) is 7.06. The van der Waals surface area contributed by atoms with Crippen LogP contribution >= 0.6 is 0 Å². The summed E-state index contributed by atoms with van der Waals surface area (Å²) >= 11 is 0. The van der Waals surface area contributed by atoms with Crippen LogP contribution in [0.15, 0.2) is 0 Å². The summed E-state index contributed by atoms with van der Waals surface area (Å²) in [7, 11) is 0. The quantitative estimate of drug-likeness (QED) is 0.764. The number of nitrogens with zero attached hydrogens (tertiary/aromatic N) is 2. The second-order valence-corrected chi connectivity index (χ2v) is 4.85. The predicted molar refractivity (Wildman–Crippen MR) is 67.8 cm³/mol. The Morgan fingerprint density at radius 2 is 1.84 bits per heavy atom. The SMILES string of the molecule is CCCC(CN)N1CCN(CCOC(F)(F)F)CC1. The van der Waals surface area contributed by atoms with Gasteiger partial charge < -0.3 is 5.73 Å². The third-order valence-corrected chi connectivity index (χ3v) is 3.49. The van der Waals surface area contributed by atoms with Gasteiger partial charge in [0.25, 0.3) is 0 Å². The molecule has 1 aliphatic heterocycles. The molecule has 0 aliphatic carbocycles. The minimum Gasteiger partial charge on any atom is -0.329 e. The van der Waals surface area contributed by atoms with Crippen LogP contribution in [-0.4, -0.2) is 68.1 Å². The number of ether oxygens (including phenoxy) is 1. The first-order valence-corrected chi connectivity index (χ1v) is 6.83. The average molecular weight is 283 g/mol. The molecule has 0 saturated carbocycles. The summed E-state index contributed by atoms with van der Waals surface area (Å²) in [5.41, 5.74) is 5.75. The van der Waals surface area contributed by atoms with E-state index in [1.54, 1.807) is 0 Å². The van der Waals surface area contributed by atoms with Crippen molar-refractivity contribution in [1.29, 1.82) is 0 Å². The molecule has 1 rings (SSSR count). The van der Waals surface area contributed by atoms with Gasteiger partial charge in [0.15, 0.2) is 0 Å². The Labute approximate surface area is 112 Å². The molecule has 1 heterocycles. The van der Waals surface area contributed by atoms with E-state index in [1.807, 2.05) is 4.90 Å². The number of rotatable bonds is 7. The van der Waals surface area contributed by atoms with Crippen LogP contribution < -0.4 is 5.73 Å². The van der Waals surface area contributed by atoms with E-state index < -0.39 is 6.36 Å². The summed E-state index contributed by atoms with van der Waals surface area (Å²) in [4.78, 5) is 4.34. The molecule has 0 bridgehead atoms. The van der Waals surface area contributed by atoms with Crippen molar-refractivity contribution in [3.8, 4) is 0 Å². The van der Waals surface area contributed by atoms with Gasteiger partial charge in [0.05, 0.1) is 6.61 Å². The van der Waals surface area contributed by atoms with Gasteiger partial charge in [-0.15, -0.1) is 13.2 Å². The zero-order valence-corrected chi connectivity index (χ0v) is 11.5. The first-order valence-electron chi connectivity index (χ1n) is 6.83. The molecule has 7 heteroatoms. The number of nitrogens with two attached hydrogens (primary N) is 1. The molecule has 19 heavy (non-hydrogen) atoms. The van der Waals surface area contributed by atoms with Gasteiger partial charge >= 0.3 is 6.36 Å². The van der Waals surface area contributed by atoms with Crippen LogP contribution in [0.4, 0.5) is 13.2 Å². The smallest absolute Gasteiger partial charge is 0.329 e. The molecular weight excluding hydrogens is 259 g/mol. The zero-order chi connectivity index (χ0) is 14.3. The van der Waals surface area contributed by atoms with Crippen molar-refractivity contribution in [3.05, 3.63) is 0 Å². The van der Waals surface area contributed by atoms with Crippen molar-refractivity contribution in [2.24, 2.45) is 5.73 Å². The first-order chi connectivity index (χ1) is 8.96. The largest absolute Gasteiger partial charge is 0.522 e. The molecule has 0 radical (unpaired) electrons. The predicted octanol–water partition coefficient (Wildman–Crippen LogP) is 1.27. The topological polar surface area (TPSA) is 41.7 Å². The molecule has 1 unspecified atom stereocenters. The summed E-state index contributed by atoms with van der Waals surface area (Å²) in [5, 5.41) is 0. The molecule has 4 nitrogen and oxygen atoms in total. The Hall–Kier alpha value is -0.370. The minimum absolute atomic E-state index is 0.293. The molecule has 2 N–H and O–H groups in total. The molecule has 114 valence electrons. The highest BCUT2D eigenvalue weighted by Crippen LogP contribution is 2.16. The lowest BCUT2D eigenvalue weighted by molar-refractivity contribution is -0.325. The van der Waals surface area contributed by atoms with E-state index in [1.165, 1.54) is 0 Å². The molecule has 0 amide bonds. The third-order valence-electron chi connectivity index (χ3n) is 3.49. The Balaban J connectivity index is 2.21. The highest BCUT2D eigenvalue weighted by atomic mass is 19.4. The van der Waals surface area contributed by atoms with E-state index in [4.69, 9.17) is 5.73 Å². The van der Waals surface area contributed by atoms with E-state index >= 15 is 0 Å². The molecule has 1 atom stereocenters. The van der Waals surface area contributed by atoms with Gasteiger partial charge in [0.2, 0.25) is 0 Å². The number of hydrogen-bond acceptors (Lipinski definition) is 4.